The lowest BCUT2D eigenvalue weighted by Crippen LogP contribution is -2.35. The molecule has 1 amide bonds. The predicted octanol–water partition coefficient (Wildman–Crippen LogP) is 2.43. The molecule has 0 saturated carbocycles. The molecule has 0 bridgehead atoms. The predicted molar refractivity (Wildman–Crippen MR) is 83.0 cm³/mol. The number of carbonyl (C=O) groups excluding carboxylic acids is 1. The van der Waals surface area contributed by atoms with Gasteiger partial charge >= 0.3 is 0 Å². The number of halogens is 1. The maximum absolute atomic E-state index is 12.4. The van der Waals surface area contributed by atoms with Crippen molar-refractivity contribution in [3.63, 3.8) is 0 Å². The van der Waals surface area contributed by atoms with E-state index in [4.69, 9.17) is 11.6 Å². The molecule has 1 saturated heterocycles. The number of hydrogen-bond acceptors (Lipinski definition) is 3. The van der Waals surface area contributed by atoms with Gasteiger partial charge in [-0.3, -0.25) is 4.79 Å². The van der Waals surface area contributed by atoms with E-state index >= 15 is 0 Å². The molecule has 0 aliphatic carbocycles. The molecule has 1 fully saturated rings. The number of sulfonamides is 1. The van der Waals surface area contributed by atoms with Crippen LogP contribution in [0.5, 0.6) is 0 Å². The van der Waals surface area contributed by atoms with E-state index in [0.717, 1.165) is 19.3 Å². The van der Waals surface area contributed by atoms with Gasteiger partial charge in [0.2, 0.25) is 15.9 Å². The Hall–Kier alpha value is -1.11. The van der Waals surface area contributed by atoms with Gasteiger partial charge in [-0.1, -0.05) is 6.42 Å². The third-order valence-electron chi connectivity index (χ3n) is 3.44. The van der Waals surface area contributed by atoms with Gasteiger partial charge in [-0.15, -0.1) is 11.6 Å². The first-order valence-electron chi connectivity index (χ1n) is 6.96. The number of benzene rings is 1. The van der Waals surface area contributed by atoms with E-state index in [9.17, 15) is 13.2 Å². The van der Waals surface area contributed by atoms with Crippen LogP contribution in [0, 0.1) is 0 Å². The molecule has 1 N–H and O–H groups in total. The van der Waals surface area contributed by atoms with Gasteiger partial charge in [0, 0.05) is 18.8 Å². The van der Waals surface area contributed by atoms with Gasteiger partial charge in [-0.05, 0) is 44.0 Å². The van der Waals surface area contributed by atoms with Gasteiger partial charge in [0.15, 0.2) is 0 Å². The highest BCUT2D eigenvalue weighted by atomic mass is 35.5. The van der Waals surface area contributed by atoms with Crippen LogP contribution in [0.1, 0.15) is 26.2 Å². The molecule has 1 aromatic carbocycles. The highest BCUT2D eigenvalue weighted by molar-refractivity contribution is 7.89. The van der Waals surface area contributed by atoms with E-state index < -0.39 is 15.4 Å². The summed E-state index contributed by atoms with van der Waals surface area (Å²) in [5.74, 6) is -0.316. The molecule has 116 valence electrons. The lowest BCUT2D eigenvalue weighted by atomic mass is 10.2. The summed E-state index contributed by atoms with van der Waals surface area (Å²) in [5, 5.41) is 1.98. The van der Waals surface area contributed by atoms with Crippen LogP contribution in [-0.4, -0.2) is 37.1 Å². The van der Waals surface area contributed by atoms with E-state index in [1.165, 1.54) is 16.4 Å². The minimum atomic E-state index is -3.43. The molecule has 1 aliphatic rings. The Bertz CT molecular complexity index is 593. The van der Waals surface area contributed by atoms with Crippen LogP contribution in [0.15, 0.2) is 29.2 Å². The maximum Gasteiger partial charge on any atom is 0.243 e. The number of anilines is 1. The molecular weight excluding hydrogens is 312 g/mol. The van der Waals surface area contributed by atoms with Crippen molar-refractivity contribution in [1.29, 1.82) is 0 Å². The summed E-state index contributed by atoms with van der Waals surface area (Å²) in [6.07, 6.45) is 2.88. The monoisotopic (exact) mass is 330 g/mol. The number of rotatable bonds is 4. The summed E-state index contributed by atoms with van der Waals surface area (Å²) >= 11 is 5.67. The van der Waals surface area contributed by atoms with E-state index in [0.29, 0.717) is 18.8 Å². The second-order valence-corrected chi connectivity index (χ2v) is 7.69. The highest BCUT2D eigenvalue weighted by Crippen LogP contribution is 2.22. The SMILES string of the molecule is C[C@H](Cl)C(=O)Nc1ccc(S(=O)(=O)N2CCCCC2)cc1. The molecule has 1 heterocycles. The first-order chi connectivity index (χ1) is 9.91. The average Bonchev–Trinajstić information content (AvgIpc) is 2.48. The summed E-state index contributed by atoms with van der Waals surface area (Å²) in [5.41, 5.74) is 0.532. The number of piperidine rings is 1. The van der Waals surface area contributed by atoms with Crippen LogP contribution in [0.3, 0.4) is 0 Å². The Morgan fingerprint density at radius 1 is 1.19 bits per heavy atom. The Labute approximate surface area is 130 Å². The minimum absolute atomic E-state index is 0.251. The fourth-order valence-electron chi connectivity index (χ4n) is 2.21. The molecule has 7 heteroatoms. The number of nitrogens with zero attached hydrogens (tertiary/aromatic N) is 1. The van der Waals surface area contributed by atoms with Gasteiger partial charge < -0.3 is 5.32 Å². The third kappa shape index (κ3) is 3.96. The first kappa shape index (κ1) is 16.3. The molecule has 1 aromatic rings. The second-order valence-electron chi connectivity index (χ2n) is 5.09. The number of alkyl halides is 1. The molecule has 1 aliphatic heterocycles. The maximum atomic E-state index is 12.4. The molecular formula is C14H19ClN2O3S. The van der Waals surface area contributed by atoms with Crippen LogP contribution in [-0.2, 0) is 14.8 Å². The van der Waals surface area contributed by atoms with Gasteiger partial charge in [0.1, 0.15) is 5.38 Å². The smallest absolute Gasteiger partial charge is 0.243 e. The van der Waals surface area contributed by atoms with Crippen LogP contribution in [0.4, 0.5) is 5.69 Å². The molecule has 1 atom stereocenters. The Morgan fingerprint density at radius 3 is 2.29 bits per heavy atom. The van der Waals surface area contributed by atoms with Crippen molar-refractivity contribution in [1.82, 2.24) is 4.31 Å². The Kier molecular flexibility index (Phi) is 5.24. The van der Waals surface area contributed by atoms with E-state index in [1.807, 2.05) is 0 Å². The third-order valence-corrected chi connectivity index (χ3v) is 5.55. The van der Waals surface area contributed by atoms with Crippen molar-refractivity contribution in [2.75, 3.05) is 18.4 Å². The van der Waals surface area contributed by atoms with Gasteiger partial charge in [-0.2, -0.15) is 4.31 Å². The highest BCUT2D eigenvalue weighted by Gasteiger charge is 2.25. The Balaban J connectivity index is 2.12. The molecule has 5 nitrogen and oxygen atoms in total. The normalized spacial score (nSPS) is 18.2. The summed E-state index contributed by atoms with van der Waals surface area (Å²) in [7, 11) is -3.43. The van der Waals surface area contributed by atoms with Crippen molar-refractivity contribution in [2.45, 2.75) is 36.5 Å². The topological polar surface area (TPSA) is 66.5 Å². The lowest BCUT2D eigenvalue weighted by Gasteiger charge is -2.25. The molecule has 0 aromatic heterocycles. The van der Waals surface area contributed by atoms with Crippen LogP contribution < -0.4 is 5.32 Å². The standard InChI is InChI=1S/C14H19ClN2O3S/c1-11(15)14(18)16-12-5-7-13(8-6-12)21(19,20)17-9-3-2-4-10-17/h5-8,11H,2-4,9-10H2,1H3,(H,16,18)/t11-/m0/s1. The van der Waals surface area contributed by atoms with Crippen LogP contribution in [0.2, 0.25) is 0 Å². The van der Waals surface area contributed by atoms with Gasteiger partial charge in [0.05, 0.1) is 4.90 Å². The zero-order valence-electron chi connectivity index (χ0n) is 11.9. The Morgan fingerprint density at radius 2 is 1.76 bits per heavy atom. The summed E-state index contributed by atoms with van der Waals surface area (Å²) < 4.78 is 26.4. The molecule has 0 unspecified atom stereocenters. The second kappa shape index (κ2) is 6.77. The lowest BCUT2D eigenvalue weighted by molar-refractivity contribution is -0.115. The average molecular weight is 331 g/mol. The van der Waals surface area contributed by atoms with E-state index in [1.54, 1.807) is 19.1 Å². The fourth-order valence-corrected chi connectivity index (χ4v) is 3.78. The van der Waals surface area contributed by atoms with Crippen LogP contribution in [0.25, 0.3) is 0 Å². The number of amides is 1. The number of carbonyl (C=O) groups is 1. The van der Waals surface area contributed by atoms with E-state index in [2.05, 4.69) is 5.32 Å². The molecule has 0 radical (unpaired) electrons. The van der Waals surface area contributed by atoms with Crippen molar-refractivity contribution < 1.29 is 13.2 Å². The summed E-state index contributed by atoms with van der Waals surface area (Å²) in [6.45, 7) is 2.72. The van der Waals surface area contributed by atoms with Gasteiger partial charge in [-0.25, -0.2) is 8.42 Å². The zero-order chi connectivity index (χ0) is 15.5. The quantitative estimate of drug-likeness (QED) is 0.862. The molecule has 21 heavy (non-hydrogen) atoms. The largest absolute Gasteiger partial charge is 0.325 e. The summed E-state index contributed by atoms with van der Waals surface area (Å²) in [4.78, 5) is 11.7. The number of nitrogens with one attached hydrogen (secondary N) is 1. The molecule has 0 spiro atoms. The van der Waals surface area contributed by atoms with Crippen LogP contribution >= 0.6 is 11.6 Å². The molecule has 2 rings (SSSR count). The van der Waals surface area contributed by atoms with Crippen molar-refractivity contribution in [2.24, 2.45) is 0 Å². The summed E-state index contributed by atoms with van der Waals surface area (Å²) in [6, 6.07) is 6.18. The minimum Gasteiger partial charge on any atom is -0.325 e. The zero-order valence-corrected chi connectivity index (χ0v) is 13.5. The van der Waals surface area contributed by atoms with Gasteiger partial charge in [0.25, 0.3) is 0 Å². The van der Waals surface area contributed by atoms with E-state index in [-0.39, 0.29) is 10.8 Å². The first-order valence-corrected chi connectivity index (χ1v) is 8.84. The fraction of sp³-hybridized carbons (Fsp3) is 0.500. The number of hydrogen-bond donors (Lipinski definition) is 1. The van der Waals surface area contributed by atoms with Crippen molar-refractivity contribution in [3.05, 3.63) is 24.3 Å². The van der Waals surface area contributed by atoms with Crippen molar-refractivity contribution in [3.8, 4) is 0 Å². The van der Waals surface area contributed by atoms with Crippen molar-refractivity contribution >= 4 is 33.2 Å².